The van der Waals surface area contributed by atoms with Crippen molar-refractivity contribution in [3.63, 3.8) is 0 Å². The Morgan fingerprint density at radius 1 is 1.39 bits per heavy atom. The van der Waals surface area contributed by atoms with Crippen molar-refractivity contribution in [3.05, 3.63) is 28.2 Å². The molecule has 0 aromatic heterocycles. The van der Waals surface area contributed by atoms with E-state index in [9.17, 15) is 4.79 Å². The number of amides is 1. The molecule has 0 aliphatic carbocycles. The summed E-state index contributed by atoms with van der Waals surface area (Å²) >= 11 is 3.54. The molecule has 0 saturated carbocycles. The van der Waals surface area contributed by atoms with Crippen LogP contribution in [0.2, 0.25) is 0 Å². The van der Waals surface area contributed by atoms with Crippen molar-refractivity contribution in [2.24, 2.45) is 5.92 Å². The van der Waals surface area contributed by atoms with Crippen LogP contribution >= 0.6 is 15.9 Å². The maximum absolute atomic E-state index is 12.6. The third kappa shape index (κ3) is 4.70. The summed E-state index contributed by atoms with van der Waals surface area (Å²) in [5.41, 5.74) is 1.24. The topological polar surface area (TPSA) is 32.8 Å². The van der Waals surface area contributed by atoms with Crippen molar-refractivity contribution in [1.82, 2.24) is 9.80 Å². The number of piperidine rings is 1. The lowest BCUT2D eigenvalue weighted by molar-refractivity contribution is -0.137. The zero-order chi connectivity index (χ0) is 16.8. The molecule has 4 nitrogen and oxygen atoms in total. The number of carbonyl (C=O) groups excluding carboxylic acids is 1. The van der Waals surface area contributed by atoms with Crippen LogP contribution in [0.15, 0.2) is 22.7 Å². The standard InChI is InChI=1S/C18H27BrN2O2/c1-4-21(5-2)18(22)15-7-6-10-20(13-15)12-14-8-9-17(23-3)16(19)11-14/h8-9,11,15H,4-7,10,12-13H2,1-3H3. The summed E-state index contributed by atoms with van der Waals surface area (Å²) in [6, 6.07) is 6.19. The van der Waals surface area contributed by atoms with Gasteiger partial charge in [-0.1, -0.05) is 6.07 Å². The highest BCUT2D eigenvalue weighted by atomic mass is 79.9. The molecule has 1 aromatic rings. The number of hydrogen-bond donors (Lipinski definition) is 0. The van der Waals surface area contributed by atoms with E-state index in [-0.39, 0.29) is 5.92 Å². The van der Waals surface area contributed by atoms with Crippen LogP contribution < -0.4 is 4.74 Å². The Morgan fingerprint density at radius 2 is 2.13 bits per heavy atom. The van der Waals surface area contributed by atoms with E-state index < -0.39 is 0 Å². The predicted molar refractivity (Wildman–Crippen MR) is 96.6 cm³/mol. The molecule has 1 amide bonds. The number of benzene rings is 1. The Bertz CT molecular complexity index is 532. The first-order valence-electron chi connectivity index (χ1n) is 8.42. The summed E-state index contributed by atoms with van der Waals surface area (Å²) in [6.45, 7) is 8.51. The average molecular weight is 383 g/mol. The Kier molecular flexibility index (Phi) is 6.90. The van der Waals surface area contributed by atoms with Gasteiger partial charge in [0.05, 0.1) is 17.5 Å². The van der Waals surface area contributed by atoms with Crippen LogP contribution in [0.3, 0.4) is 0 Å². The fraction of sp³-hybridized carbons (Fsp3) is 0.611. The van der Waals surface area contributed by atoms with Crippen LogP contribution in [0.1, 0.15) is 32.3 Å². The molecule has 1 aromatic carbocycles. The van der Waals surface area contributed by atoms with Gasteiger partial charge < -0.3 is 9.64 Å². The van der Waals surface area contributed by atoms with Gasteiger partial charge in [-0.05, 0) is 66.9 Å². The van der Waals surface area contributed by atoms with E-state index in [0.29, 0.717) is 5.91 Å². The van der Waals surface area contributed by atoms with Crippen molar-refractivity contribution >= 4 is 21.8 Å². The second-order valence-electron chi connectivity index (χ2n) is 6.05. The molecule has 5 heteroatoms. The van der Waals surface area contributed by atoms with Gasteiger partial charge in [-0.25, -0.2) is 0 Å². The Balaban J connectivity index is 1.98. The van der Waals surface area contributed by atoms with Crippen LogP contribution in [0.25, 0.3) is 0 Å². The maximum atomic E-state index is 12.6. The van der Waals surface area contributed by atoms with Crippen molar-refractivity contribution in [1.29, 1.82) is 0 Å². The molecule has 2 rings (SSSR count). The molecule has 1 saturated heterocycles. The molecule has 1 aliphatic rings. The molecular weight excluding hydrogens is 356 g/mol. The van der Waals surface area contributed by atoms with Gasteiger partial charge >= 0.3 is 0 Å². The molecule has 23 heavy (non-hydrogen) atoms. The molecule has 0 bridgehead atoms. The molecule has 0 N–H and O–H groups in total. The summed E-state index contributed by atoms with van der Waals surface area (Å²) < 4.78 is 6.26. The molecule has 1 aliphatic heterocycles. The lowest BCUT2D eigenvalue weighted by atomic mass is 9.96. The fourth-order valence-electron chi connectivity index (χ4n) is 3.26. The molecule has 1 fully saturated rings. The first-order valence-corrected chi connectivity index (χ1v) is 9.21. The smallest absolute Gasteiger partial charge is 0.226 e. The number of likely N-dealkylation sites (tertiary alicyclic amines) is 1. The quantitative estimate of drug-likeness (QED) is 0.754. The molecule has 1 unspecified atom stereocenters. The number of hydrogen-bond acceptors (Lipinski definition) is 3. The minimum atomic E-state index is 0.144. The van der Waals surface area contributed by atoms with Crippen LogP contribution in [0.4, 0.5) is 0 Å². The SMILES string of the molecule is CCN(CC)C(=O)C1CCCN(Cc2ccc(OC)c(Br)c2)C1. The van der Waals surface area contributed by atoms with E-state index >= 15 is 0 Å². The fourth-order valence-corrected chi connectivity index (χ4v) is 3.85. The number of rotatable bonds is 6. The van der Waals surface area contributed by atoms with E-state index in [0.717, 1.165) is 55.8 Å². The van der Waals surface area contributed by atoms with Gasteiger partial charge in [-0.2, -0.15) is 0 Å². The lowest BCUT2D eigenvalue weighted by Gasteiger charge is -2.34. The summed E-state index contributed by atoms with van der Waals surface area (Å²) in [6.07, 6.45) is 2.10. The Labute approximate surface area is 147 Å². The van der Waals surface area contributed by atoms with Gasteiger partial charge in [0.1, 0.15) is 5.75 Å². The first-order chi connectivity index (χ1) is 11.1. The monoisotopic (exact) mass is 382 g/mol. The highest BCUT2D eigenvalue weighted by molar-refractivity contribution is 9.10. The number of methoxy groups -OCH3 is 1. The summed E-state index contributed by atoms with van der Waals surface area (Å²) in [5.74, 6) is 1.31. The largest absolute Gasteiger partial charge is 0.496 e. The third-order valence-corrected chi connectivity index (χ3v) is 5.17. The van der Waals surface area contributed by atoms with Crippen molar-refractivity contribution in [2.45, 2.75) is 33.2 Å². The van der Waals surface area contributed by atoms with Gasteiger partial charge in [0, 0.05) is 26.2 Å². The molecule has 0 spiro atoms. The van der Waals surface area contributed by atoms with Crippen LogP contribution in [-0.2, 0) is 11.3 Å². The number of halogens is 1. The van der Waals surface area contributed by atoms with E-state index in [1.165, 1.54) is 5.56 Å². The first kappa shape index (κ1) is 18.3. The molecule has 128 valence electrons. The second-order valence-corrected chi connectivity index (χ2v) is 6.91. The minimum Gasteiger partial charge on any atom is -0.496 e. The van der Waals surface area contributed by atoms with E-state index in [1.807, 2.05) is 11.0 Å². The van der Waals surface area contributed by atoms with Gasteiger partial charge in [-0.3, -0.25) is 9.69 Å². The zero-order valence-electron chi connectivity index (χ0n) is 14.3. The molecular formula is C18H27BrN2O2. The minimum absolute atomic E-state index is 0.144. The Morgan fingerprint density at radius 3 is 2.74 bits per heavy atom. The van der Waals surface area contributed by atoms with Crippen LogP contribution in [0, 0.1) is 5.92 Å². The van der Waals surface area contributed by atoms with E-state index in [1.54, 1.807) is 7.11 Å². The predicted octanol–water partition coefficient (Wildman–Crippen LogP) is 3.54. The molecule has 0 radical (unpaired) electrons. The third-order valence-electron chi connectivity index (χ3n) is 4.55. The van der Waals surface area contributed by atoms with Crippen molar-refractivity contribution < 1.29 is 9.53 Å². The zero-order valence-corrected chi connectivity index (χ0v) is 15.9. The lowest BCUT2D eigenvalue weighted by Crippen LogP contribution is -2.44. The van der Waals surface area contributed by atoms with Gasteiger partial charge in [-0.15, -0.1) is 0 Å². The summed E-state index contributed by atoms with van der Waals surface area (Å²) in [5, 5.41) is 0. The van der Waals surface area contributed by atoms with Crippen molar-refractivity contribution in [3.8, 4) is 5.75 Å². The van der Waals surface area contributed by atoms with Gasteiger partial charge in [0.2, 0.25) is 5.91 Å². The van der Waals surface area contributed by atoms with Crippen LogP contribution in [0.5, 0.6) is 5.75 Å². The van der Waals surface area contributed by atoms with Crippen molar-refractivity contribution in [2.75, 3.05) is 33.3 Å². The molecule has 1 heterocycles. The number of nitrogens with zero attached hydrogens (tertiary/aromatic N) is 2. The normalized spacial score (nSPS) is 18.7. The summed E-state index contributed by atoms with van der Waals surface area (Å²) in [7, 11) is 1.67. The highest BCUT2D eigenvalue weighted by Gasteiger charge is 2.28. The number of carbonyl (C=O) groups is 1. The van der Waals surface area contributed by atoms with Crippen LogP contribution in [-0.4, -0.2) is 49.0 Å². The average Bonchev–Trinajstić information content (AvgIpc) is 2.56. The molecule has 1 atom stereocenters. The Hall–Kier alpha value is -1.07. The van der Waals surface area contributed by atoms with E-state index in [2.05, 4.69) is 46.8 Å². The highest BCUT2D eigenvalue weighted by Crippen LogP contribution is 2.27. The number of ether oxygens (including phenoxy) is 1. The summed E-state index contributed by atoms with van der Waals surface area (Å²) in [4.78, 5) is 16.9. The van der Waals surface area contributed by atoms with Gasteiger partial charge in [0.15, 0.2) is 0 Å². The van der Waals surface area contributed by atoms with Gasteiger partial charge in [0.25, 0.3) is 0 Å². The second kappa shape index (κ2) is 8.69. The van der Waals surface area contributed by atoms with E-state index in [4.69, 9.17) is 4.74 Å². The maximum Gasteiger partial charge on any atom is 0.226 e.